The number of nitrogens with one attached hydrogen (secondary N) is 2. The number of hydrogen-bond donors (Lipinski definition) is 3. The van der Waals surface area contributed by atoms with Crippen LogP contribution in [0, 0.1) is 0 Å². The van der Waals surface area contributed by atoms with Gasteiger partial charge in [0.2, 0.25) is 5.91 Å². The fourth-order valence-electron chi connectivity index (χ4n) is 3.87. The van der Waals surface area contributed by atoms with Crippen molar-refractivity contribution in [2.45, 2.75) is 49.6 Å². The van der Waals surface area contributed by atoms with E-state index in [0.29, 0.717) is 15.8 Å². The van der Waals surface area contributed by atoms with Crippen molar-refractivity contribution in [2.24, 2.45) is 0 Å². The molecule has 0 aromatic heterocycles. The van der Waals surface area contributed by atoms with E-state index < -0.39 is 12.0 Å². The number of carboxylic acid groups (broad SMARTS) is 1. The number of hydrogen-bond acceptors (Lipinski definition) is 5. The predicted molar refractivity (Wildman–Crippen MR) is 118 cm³/mol. The van der Waals surface area contributed by atoms with Gasteiger partial charge in [0.15, 0.2) is 0 Å². The van der Waals surface area contributed by atoms with Gasteiger partial charge in [0.25, 0.3) is 0 Å². The Bertz CT molecular complexity index is 729. The van der Waals surface area contributed by atoms with Gasteiger partial charge in [-0.3, -0.25) is 14.5 Å². The third-order valence-electron chi connectivity index (χ3n) is 5.44. The summed E-state index contributed by atoms with van der Waals surface area (Å²) in [6.07, 6.45) is 3.58. The van der Waals surface area contributed by atoms with Crippen molar-refractivity contribution in [3.63, 3.8) is 0 Å². The Morgan fingerprint density at radius 1 is 1.21 bits per heavy atom. The number of nitrogens with zero attached hydrogens (tertiary/aromatic N) is 1. The first-order valence-corrected chi connectivity index (χ1v) is 11.8. The quantitative estimate of drug-likeness (QED) is 0.581. The molecule has 2 heterocycles. The summed E-state index contributed by atoms with van der Waals surface area (Å²) < 4.78 is 0. The highest BCUT2D eigenvalue weighted by Gasteiger charge is 2.31. The summed E-state index contributed by atoms with van der Waals surface area (Å²) in [6, 6.07) is 5.32. The van der Waals surface area contributed by atoms with Crippen molar-refractivity contribution in [1.29, 1.82) is 0 Å². The Labute approximate surface area is 185 Å². The van der Waals surface area contributed by atoms with Crippen LogP contribution >= 0.6 is 35.0 Å². The Morgan fingerprint density at radius 2 is 1.97 bits per heavy atom. The smallest absolute Gasteiger partial charge is 0.321 e. The standard InChI is InChI=1S/C20H27Cl2N3O3S/c21-15-4-3-13(10-16(15)22)11-25-8-5-14(6-9-25)24-18(26)12-29-17-2-1-7-23-19(17)20(27)28/h3-4,10,14,17,19,23H,1-2,5-9,11-12H2,(H,24,26)(H,27,28). The molecule has 1 amide bonds. The van der Waals surface area contributed by atoms with Crippen LogP contribution in [-0.2, 0) is 16.1 Å². The number of piperidine rings is 2. The van der Waals surface area contributed by atoms with E-state index >= 15 is 0 Å². The van der Waals surface area contributed by atoms with E-state index in [1.807, 2.05) is 18.2 Å². The lowest BCUT2D eigenvalue weighted by molar-refractivity contribution is -0.139. The van der Waals surface area contributed by atoms with E-state index in [1.165, 1.54) is 11.8 Å². The van der Waals surface area contributed by atoms with Gasteiger partial charge in [0, 0.05) is 30.9 Å². The molecule has 1 aromatic rings. The third kappa shape index (κ3) is 6.76. The van der Waals surface area contributed by atoms with Crippen LogP contribution in [0.5, 0.6) is 0 Å². The highest BCUT2D eigenvalue weighted by atomic mass is 35.5. The number of carboxylic acids is 1. The fourth-order valence-corrected chi connectivity index (χ4v) is 5.38. The lowest BCUT2D eigenvalue weighted by Gasteiger charge is -2.33. The predicted octanol–water partition coefficient (Wildman–Crippen LogP) is 3.01. The number of carbonyl (C=O) groups excluding carboxylic acids is 1. The van der Waals surface area contributed by atoms with E-state index in [-0.39, 0.29) is 17.2 Å². The van der Waals surface area contributed by atoms with Crippen LogP contribution in [0.3, 0.4) is 0 Å². The maximum absolute atomic E-state index is 12.3. The van der Waals surface area contributed by atoms with Gasteiger partial charge in [-0.2, -0.15) is 0 Å². The van der Waals surface area contributed by atoms with Gasteiger partial charge < -0.3 is 15.7 Å². The lowest BCUT2D eigenvalue weighted by atomic mass is 10.0. The van der Waals surface area contributed by atoms with Crippen LogP contribution < -0.4 is 10.6 Å². The summed E-state index contributed by atoms with van der Waals surface area (Å²) >= 11 is 13.5. The summed E-state index contributed by atoms with van der Waals surface area (Å²) in [4.78, 5) is 26.0. The van der Waals surface area contributed by atoms with Crippen LogP contribution in [0.1, 0.15) is 31.2 Å². The van der Waals surface area contributed by atoms with Crippen LogP contribution in [0.4, 0.5) is 0 Å². The van der Waals surface area contributed by atoms with Gasteiger partial charge in [-0.25, -0.2) is 0 Å². The van der Waals surface area contributed by atoms with Crippen molar-refractivity contribution in [3.05, 3.63) is 33.8 Å². The van der Waals surface area contributed by atoms with E-state index in [2.05, 4.69) is 15.5 Å². The summed E-state index contributed by atoms with van der Waals surface area (Å²) in [5.74, 6) is -0.538. The second-order valence-corrected chi connectivity index (χ2v) is 9.67. The molecule has 0 bridgehead atoms. The maximum atomic E-state index is 12.3. The maximum Gasteiger partial charge on any atom is 0.321 e. The molecule has 2 aliphatic heterocycles. The molecule has 3 N–H and O–H groups in total. The number of likely N-dealkylation sites (tertiary alicyclic amines) is 1. The molecule has 2 aliphatic rings. The zero-order valence-corrected chi connectivity index (χ0v) is 18.5. The number of thioether (sulfide) groups is 1. The Hall–Kier alpha value is -0.990. The average molecular weight is 460 g/mol. The molecule has 2 fully saturated rings. The van der Waals surface area contributed by atoms with E-state index in [1.54, 1.807) is 0 Å². The lowest BCUT2D eigenvalue weighted by Crippen LogP contribution is -2.49. The van der Waals surface area contributed by atoms with Crippen LogP contribution in [0.25, 0.3) is 0 Å². The van der Waals surface area contributed by atoms with Gasteiger partial charge in [-0.05, 0) is 49.9 Å². The molecule has 2 atom stereocenters. The minimum absolute atomic E-state index is 0.00681. The minimum atomic E-state index is -0.836. The van der Waals surface area contributed by atoms with Crippen molar-refractivity contribution < 1.29 is 14.7 Å². The number of aliphatic carboxylic acids is 1. The molecule has 29 heavy (non-hydrogen) atoms. The van der Waals surface area contributed by atoms with Crippen molar-refractivity contribution in [3.8, 4) is 0 Å². The fraction of sp³-hybridized carbons (Fsp3) is 0.600. The van der Waals surface area contributed by atoms with Crippen molar-refractivity contribution in [2.75, 3.05) is 25.4 Å². The third-order valence-corrected chi connectivity index (χ3v) is 7.54. The molecule has 6 nitrogen and oxygen atoms in total. The summed E-state index contributed by atoms with van der Waals surface area (Å²) in [5.41, 5.74) is 1.13. The number of benzene rings is 1. The molecule has 160 valence electrons. The highest BCUT2D eigenvalue weighted by Crippen LogP contribution is 2.25. The Kier molecular flexibility index (Phi) is 8.50. The van der Waals surface area contributed by atoms with Crippen molar-refractivity contribution in [1.82, 2.24) is 15.5 Å². The normalized spacial score (nSPS) is 23.7. The first-order chi connectivity index (χ1) is 13.9. The van der Waals surface area contributed by atoms with E-state index in [0.717, 1.165) is 57.4 Å². The monoisotopic (exact) mass is 459 g/mol. The Balaban J connectivity index is 1.38. The SMILES string of the molecule is O=C(CSC1CCCNC1C(=O)O)NC1CCN(Cc2ccc(Cl)c(Cl)c2)CC1. The first-order valence-electron chi connectivity index (χ1n) is 9.96. The molecule has 2 saturated heterocycles. The van der Waals surface area contributed by atoms with Gasteiger partial charge >= 0.3 is 5.97 Å². The second-order valence-electron chi connectivity index (χ2n) is 7.63. The summed E-state index contributed by atoms with van der Waals surface area (Å²) in [6.45, 7) is 3.36. The minimum Gasteiger partial charge on any atom is -0.480 e. The van der Waals surface area contributed by atoms with Gasteiger partial charge in [0.1, 0.15) is 6.04 Å². The molecule has 0 radical (unpaired) electrons. The molecule has 0 spiro atoms. The molecule has 0 saturated carbocycles. The summed E-state index contributed by atoms with van der Waals surface area (Å²) in [5, 5.41) is 16.5. The van der Waals surface area contributed by atoms with Gasteiger partial charge in [-0.15, -0.1) is 11.8 Å². The first kappa shape index (κ1) is 22.7. The number of halogens is 2. The zero-order valence-electron chi connectivity index (χ0n) is 16.2. The van der Waals surface area contributed by atoms with Crippen molar-refractivity contribution >= 4 is 46.8 Å². The Morgan fingerprint density at radius 3 is 2.66 bits per heavy atom. The molecular formula is C20H27Cl2N3O3S. The topological polar surface area (TPSA) is 81.7 Å². The van der Waals surface area contributed by atoms with Gasteiger partial charge in [0.05, 0.1) is 15.8 Å². The number of rotatable bonds is 7. The molecule has 2 unspecified atom stereocenters. The highest BCUT2D eigenvalue weighted by molar-refractivity contribution is 8.00. The summed E-state index contributed by atoms with van der Waals surface area (Å²) in [7, 11) is 0. The van der Waals surface area contributed by atoms with E-state index in [9.17, 15) is 14.7 Å². The molecule has 9 heteroatoms. The number of amides is 1. The molecule has 1 aromatic carbocycles. The largest absolute Gasteiger partial charge is 0.480 e. The number of carbonyl (C=O) groups is 2. The average Bonchev–Trinajstić information content (AvgIpc) is 2.71. The molecule has 3 rings (SSSR count). The van der Waals surface area contributed by atoms with E-state index in [4.69, 9.17) is 23.2 Å². The van der Waals surface area contributed by atoms with Crippen LogP contribution in [-0.4, -0.2) is 64.6 Å². The molecular weight excluding hydrogens is 433 g/mol. The van der Waals surface area contributed by atoms with Gasteiger partial charge in [-0.1, -0.05) is 29.3 Å². The second kappa shape index (κ2) is 10.9. The van der Waals surface area contributed by atoms with Crippen LogP contribution in [0.2, 0.25) is 10.0 Å². The van der Waals surface area contributed by atoms with Crippen LogP contribution in [0.15, 0.2) is 18.2 Å². The molecule has 0 aliphatic carbocycles. The zero-order chi connectivity index (χ0) is 20.8.